The summed E-state index contributed by atoms with van der Waals surface area (Å²) in [5.41, 5.74) is 5.32. The number of benzene rings is 1. The number of hydrogen-bond acceptors (Lipinski definition) is 1. The van der Waals surface area contributed by atoms with Crippen LogP contribution in [0.15, 0.2) is 30.8 Å². The second-order valence-electron chi connectivity index (χ2n) is 2.31. The molecule has 1 aromatic rings. The van der Waals surface area contributed by atoms with E-state index in [1.807, 2.05) is 0 Å². The van der Waals surface area contributed by atoms with Crippen molar-refractivity contribution in [3.05, 3.63) is 42.0 Å². The Hall–Kier alpha value is -1.64. The molecular weight excluding hydrogens is 157 g/mol. The molecular formula is C9H8FNO. The summed E-state index contributed by atoms with van der Waals surface area (Å²) in [4.78, 5) is 10.7. The number of carbonyl (C=O) groups is 1. The predicted molar refractivity (Wildman–Crippen MR) is 45.1 cm³/mol. The molecule has 0 spiro atoms. The van der Waals surface area contributed by atoms with Crippen molar-refractivity contribution in [3.63, 3.8) is 0 Å². The van der Waals surface area contributed by atoms with E-state index < -0.39 is 11.7 Å². The van der Waals surface area contributed by atoms with Crippen molar-refractivity contribution in [3.8, 4) is 0 Å². The van der Waals surface area contributed by atoms with Crippen molar-refractivity contribution >= 4 is 11.7 Å². The molecule has 1 rings (SSSR count). The van der Waals surface area contributed by atoms with Gasteiger partial charge in [0.2, 0.25) is 5.91 Å². The van der Waals surface area contributed by atoms with Crippen molar-refractivity contribution in [2.75, 3.05) is 0 Å². The van der Waals surface area contributed by atoms with Crippen LogP contribution in [0.1, 0.15) is 15.9 Å². The van der Waals surface area contributed by atoms with Crippen LogP contribution in [0.25, 0.3) is 5.83 Å². The van der Waals surface area contributed by atoms with Crippen LogP contribution >= 0.6 is 0 Å². The Morgan fingerprint density at radius 1 is 1.33 bits per heavy atom. The van der Waals surface area contributed by atoms with Crippen LogP contribution in [0.5, 0.6) is 0 Å². The molecule has 0 fully saturated rings. The van der Waals surface area contributed by atoms with Crippen molar-refractivity contribution in [2.24, 2.45) is 5.73 Å². The zero-order valence-corrected chi connectivity index (χ0v) is 6.38. The summed E-state index contributed by atoms with van der Waals surface area (Å²) < 4.78 is 12.7. The van der Waals surface area contributed by atoms with Gasteiger partial charge >= 0.3 is 0 Å². The molecule has 0 saturated carbocycles. The molecule has 1 aromatic carbocycles. The standard InChI is InChI=1S/C9H8FNO/c1-6(10)7-4-2-3-5-8(7)9(11)12/h2-5H,1H2,(H2,11,12). The Morgan fingerprint density at radius 2 is 1.83 bits per heavy atom. The van der Waals surface area contributed by atoms with Crippen LogP contribution in [0.4, 0.5) is 4.39 Å². The maximum Gasteiger partial charge on any atom is 0.249 e. The Labute approximate surface area is 69.5 Å². The van der Waals surface area contributed by atoms with Gasteiger partial charge in [0.1, 0.15) is 5.83 Å². The second kappa shape index (κ2) is 3.17. The first-order valence-electron chi connectivity index (χ1n) is 3.36. The van der Waals surface area contributed by atoms with Gasteiger partial charge in [0, 0.05) is 11.1 Å². The van der Waals surface area contributed by atoms with Crippen LogP contribution < -0.4 is 5.73 Å². The first-order chi connectivity index (χ1) is 5.63. The van der Waals surface area contributed by atoms with E-state index in [1.54, 1.807) is 12.1 Å². The largest absolute Gasteiger partial charge is 0.366 e. The lowest BCUT2D eigenvalue weighted by molar-refractivity contribution is 0.1000. The first-order valence-corrected chi connectivity index (χ1v) is 3.36. The summed E-state index contributed by atoms with van der Waals surface area (Å²) in [6, 6.07) is 6.16. The SMILES string of the molecule is C=C(F)c1ccccc1C(N)=O. The van der Waals surface area contributed by atoms with E-state index in [0.717, 1.165) is 0 Å². The molecule has 0 atom stereocenters. The van der Waals surface area contributed by atoms with Crippen molar-refractivity contribution < 1.29 is 9.18 Å². The summed E-state index contributed by atoms with van der Waals surface area (Å²) in [6.45, 7) is 3.09. The highest BCUT2D eigenvalue weighted by atomic mass is 19.1. The van der Waals surface area contributed by atoms with Crippen LogP contribution in [0.3, 0.4) is 0 Å². The fraction of sp³-hybridized carbons (Fsp3) is 0. The van der Waals surface area contributed by atoms with Gasteiger partial charge in [-0.05, 0) is 6.07 Å². The van der Waals surface area contributed by atoms with E-state index in [4.69, 9.17) is 5.73 Å². The number of primary amides is 1. The Balaban J connectivity index is 3.27. The average molecular weight is 165 g/mol. The van der Waals surface area contributed by atoms with Crippen LogP contribution in [0.2, 0.25) is 0 Å². The third-order valence-corrected chi connectivity index (χ3v) is 1.48. The van der Waals surface area contributed by atoms with Gasteiger partial charge in [-0.3, -0.25) is 4.79 Å². The van der Waals surface area contributed by atoms with E-state index in [9.17, 15) is 9.18 Å². The molecule has 1 amide bonds. The van der Waals surface area contributed by atoms with Gasteiger partial charge in [-0.2, -0.15) is 0 Å². The Morgan fingerprint density at radius 3 is 2.17 bits per heavy atom. The number of nitrogens with two attached hydrogens (primary N) is 1. The van der Waals surface area contributed by atoms with E-state index in [1.165, 1.54) is 12.1 Å². The Kier molecular flexibility index (Phi) is 2.24. The molecule has 0 unspecified atom stereocenters. The highest BCUT2D eigenvalue weighted by Gasteiger charge is 2.08. The predicted octanol–water partition coefficient (Wildman–Crippen LogP) is 1.73. The van der Waals surface area contributed by atoms with Gasteiger partial charge < -0.3 is 5.73 Å². The van der Waals surface area contributed by atoms with Crippen LogP contribution in [-0.2, 0) is 0 Å². The van der Waals surface area contributed by atoms with E-state index in [2.05, 4.69) is 6.58 Å². The molecule has 0 saturated heterocycles. The number of halogens is 1. The number of amides is 1. The summed E-state index contributed by atoms with van der Waals surface area (Å²) in [5.74, 6) is -1.30. The number of rotatable bonds is 2. The fourth-order valence-corrected chi connectivity index (χ4v) is 0.935. The normalized spacial score (nSPS) is 9.42. The number of hydrogen-bond donors (Lipinski definition) is 1. The van der Waals surface area contributed by atoms with Crippen molar-refractivity contribution in [2.45, 2.75) is 0 Å². The zero-order chi connectivity index (χ0) is 9.14. The molecule has 0 bridgehead atoms. The Bertz CT molecular complexity index is 300. The summed E-state index contributed by atoms with van der Waals surface area (Å²) in [5, 5.41) is 0. The second-order valence-corrected chi connectivity index (χ2v) is 2.31. The van der Waals surface area contributed by atoms with Gasteiger partial charge in [0.25, 0.3) is 0 Å². The lowest BCUT2D eigenvalue weighted by Crippen LogP contribution is -2.12. The molecule has 0 aliphatic carbocycles. The minimum absolute atomic E-state index is 0.157. The lowest BCUT2D eigenvalue weighted by Gasteiger charge is -2.01. The summed E-state index contributed by atoms with van der Waals surface area (Å²) >= 11 is 0. The molecule has 2 N–H and O–H groups in total. The molecule has 0 aliphatic heterocycles. The third kappa shape index (κ3) is 1.50. The molecule has 3 heteroatoms. The van der Waals surface area contributed by atoms with Gasteiger partial charge in [0.05, 0.1) is 0 Å². The molecule has 2 nitrogen and oxygen atoms in total. The first kappa shape index (κ1) is 8.46. The highest BCUT2D eigenvalue weighted by Crippen LogP contribution is 2.17. The maximum atomic E-state index is 12.7. The summed E-state index contributed by atoms with van der Waals surface area (Å²) in [6.07, 6.45) is 0. The molecule has 0 heterocycles. The molecule has 0 radical (unpaired) electrons. The van der Waals surface area contributed by atoms with Crippen LogP contribution in [0, 0.1) is 0 Å². The topological polar surface area (TPSA) is 43.1 Å². The molecule has 62 valence electrons. The average Bonchev–Trinajstić information content (AvgIpc) is 2.04. The van der Waals surface area contributed by atoms with Crippen LogP contribution in [-0.4, -0.2) is 5.91 Å². The molecule has 0 aliphatic rings. The van der Waals surface area contributed by atoms with Gasteiger partial charge in [-0.1, -0.05) is 24.8 Å². The van der Waals surface area contributed by atoms with E-state index in [-0.39, 0.29) is 11.1 Å². The van der Waals surface area contributed by atoms with Crippen molar-refractivity contribution in [1.29, 1.82) is 0 Å². The van der Waals surface area contributed by atoms with Crippen molar-refractivity contribution in [1.82, 2.24) is 0 Å². The fourth-order valence-electron chi connectivity index (χ4n) is 0.935. The molecule has 0 aromatic heterocycles. The third-order valence-electron chi connectivity index (χ3n) is 1.48. The van der Waals surface area contributed by atoms with Gasteiger partial charge in [0.15, 0.2) is 0 Å². The minimum Gasteiger partial charge on any atom is -0.366 e. The minimum atomic E-state index is -0.649. The lowest BCUT2D eigenvalue weighted by atomic mass is 10.1. The summed E-state index contributed by atoms with van der Waals surface area (Å²) in [7, 11) is 0. The molecule has 12 heavy (non-hydrogen) atoms. The van der Waals surface area contributed by atoms with Gasteiger partial charge in [-0.25, -0.2) is 4.39 Å². The maximum absolute atomic E-state index is 12.7. The van der Waals surface area contributed by atoms with E-state index in [0.29, 0.717) is 0 Å². The van der Waals surface area contributed by atoms with E-state index >= 15 is 0 Å². The number of carbonyl (C=O) groups excluding carboxylic acids is 1. The zero-order valence-electron chi connectivity index (χ0n) is 6.38. The van der Waals surface area contributed by atoms with Gasteiger partial charge in [-0.15, -0.1) is 0 Å². The highest BCUT2D eigenvalue weighted by molar-refractivity contribution is 5.97. The monoisotopic (exact) mass is 165 g/mol. The smallest absolute Gasteiger partial charge is 0.249 e. The quantitative estimate of drug-likeness (QED) is 0.712.